The van der Waals surface area contributed by atoms with Crippen LogP contribution in [0.15, 0.2) is 12.2 Å². The molecule has 0 fully saturated rings. The molecule has 0 amide bonds. The largest absolute Gasteiger partial charge is 0.264 e. The van der Waals surface area contributed by atoms with E-state index >= 15 is 0 Å². The van der Waals surface area contributed by atoms with Gasteiger partial charge in [-0.2, -0.15) is 8.42 Å². The molecule has 0 N–H and O–H groups in total. The van der Waals surface area contributed by atoms with Gasteiger partial charge in [0.15, 0.2) is 0 Å². The van der Waals surface area contributed by atoms with Gasteiger partial charge in [-0.15, -0.1) is 0 Å². The summed E-state index contributed by atoms with van der Waals surface area (Å²) in [5.74, 6) is 0. The molecule has 0 aliphatic carbocycles. The molecule has 0 aromatic carbocycles. The first-order chi connectivity index (χ1) is 6.14. The van der Waals surface area contributed by atoms with Gasteiger partial charge in [0.25, 0.3) is 10.1 Å². The van der Waals surface area contributed by atoms with Gasteiger partial charge < -0.3 is 0 Å². The quantitative estimate of drug-likeness (QED) is 0.539. The molecular formula is C10H20O3S. The molecule has 0 spiro atoms. The van der Waals surface area contributed by atoms with E-state index in [1.807, 2.05) is 13.0 Å². The topological polar surface area (TPSA) is 43.4 Å². The third-order valence-corrected chi connectivity index (χ3v) is 2.12. The van der Waals surface area contributed by atoms with Crippen molar-refractivity contribution in [2.45, 2.75) is 40.2 Å². The van der Waals surface area contributed by atoms with Crippen LogP contribution in [0, 0.1) is 5.41 Å². The smallest absolute Gasteiger partial charge is 0.263 e. The van der Waals surface area contributed by atoms with E-state index in [0.717, 1.165) is 6.26 Å². The first kappa shape index (κ1) is 13.7. The van der Waals surface area contributed by atoms with Crippen molar-refractivity contribution in [3.05, 3.63) is 12.2 Å². The zero-order valence-corrected chi connectivity index (χ0v) is 10.4. The number of hydrogen-bond donors (Lipinski definition) is 0. The lowest BCUT2D eigenvalue weighted by molar-refractivity contribution is 0.191. The first-order valence-corrected chi connectivity index (χ1v) is 6.47. The Balaban J connectivity index is 4.47. The molecule has 0 aromatic heterocycles. The van der Waals surface area contributed by atoms with Crippen molar-refractivity contribution < 1.29 is 12.6 Å². The highest BCUT2D eigenvalue weighted by Gasteiger charge is 2.20. The minimum atomic E-state index is -3.37. The third-order valence-electron chi connectivity index (χ3n) is 1.52. The SMILES string of the molecule is CC=CC(CC(C)(C)C)OS(C)(=O)=O. The Bertz CT molecular complexity index is 283. The molecule has 0 aliphatic rings. The standard InChI is InChI=1S/C10H20O3S/c1-6-7-9(8-10(2,3)4)13-14(5,11)12/h6-7,9H,8H2,1-5H3. The normalized spacial score (nSPS) is 16.1. The molecule has 14 heavy (non-hydrogen) atoms. The van der Waals surface area contributed by atoms with E-state index in [4.69, 9.17) is 4.18 Å². The van der Waals surface area contributed by atoms with Gasteiger partial charge in [-0.05, 0) is 18.8 Å². The summed E-state index contributed by atoms with van der Waals surface area (Å²) in [4.78, 5) is 0. The maximum atomic E-state index is 10.9. The average Bonchev–Trinajstić information content (AvgIpc) is 1.78. The Morgan fingerprint density at radius 1 is 1.36 bits per heavy atom. The number of rotatable bonds is 4. The highest BCUT2D eigenvalue weighted by molar-refractivity contribution is 7.86. The number of hydrogen-bond acceptors (Lipinski definition) is 3. The van der Waals surface area contributed by atoms with Crippen molar-refractivity contribution in [3.63, 3.8) is 0 Å². The van der Waals surface area contributed by atoms with Gasteiger partial charge in [0.2, 0.25) is 0 Å². The minimum Gasteiger partial charge on any atom is -0.263 e. The molecule has 0 saturated heterocycles. The minimum absolute atomic E-state index is 0.0505. The lowest BCUT2D eigenvalue weighted by Gasteiger charge is -2.22. The van der Waals surface area contributed by atoms with E-state index in [-0.39, 0.29) is 11.5 Å². The van der Waals surface area contributed by atoms with E-state index in [2.05, 4.69) is 20.8 Å². The zero-order valence-electron chi connectivity index (χ0n) is 9.57. The van der Waals surface area contributed by atoms with Crippen LogP contribution in [-0.2, 0) is 14.3 Å². The summed E-state index contributed by atoms with van der Waals surface area (Å²) in [5, 5.41) is 0. The van der Waals surface area contributed by atoms with Crippen LogP contribution in [0.5, 0.6) is 0 Å². The Labute approximate surface area is 87.3 Å². The van der Waals surface area contributed by atoms with E-state index in [1.165, 1.54) is 0 Å². The first-order valence-electron chi connectivity index (χ1n) is 4.65. The molecular weight excluding hydrogens is 200 g/mol. The summed E-state index contributed by atoms with van der Waals surface area (Å²) in [6.07, 6.45) is 4.99. The van der Waals surface area contributed by atoms with E-state index in [1.54, 1.807) is 6.08 Å². The van der Waals surface area contributed by atoms with Crippen molar-refractivity contribution >= 4 is 10.1 Å². The number of allylic oxidation sites excluding steroid dienone is 1. The summed E-state index contributed by atoms with van der Waals surface area (Å²) < 4.78 is 26.8. The van der Waals surface area contributed by atoms with Crippen LogP contribution in [-0.4, -0.2) is 20.8 Å². The molecule has 4 heteroatoms. The summed E-state index contributed by atoms with van der Waals surface area (Å²) in [6, 6.07) is 0. The Morgan fingerprint density at radius 2 is 1.86 bits per heavy atom. The molecule has 1 atom stereocenters. The van der Waals surface area contributed by atoms with Crippen LogP contribution in [0.3, 0.4) is 0 Å². The Kier molecular flexibility index (Phi) is 4.81. The van der Waals surface area contributed by atoms with Crippen LogP contribution in [0.1, 0.15) is 34.1 Å². The highest BCUT2D eigenvalue weighted by Crippen LogP contribution is 2.23. The Morgan fingerprint density at radius 3 is 2.14 bits per heavy atom. The zero-order chi connectivity index (χ0) is 11.4. The molecule has 0 saturated carbocycles. The molecule has 3 nitrogen and oxygen atoms in total. The molecule has 0 rings (SSSR count). The van der Waals surface area contributed by atoms with E-state index in [9.17, 15) is 8.42 Å². The molecule has 0 heterocycles. The second kappa shape index (κ2) is 4.94. The molecule has 0 radical (unpaired) electrons. The van der Waals surface area contributed by atoms with Crippen LogP contribution in [0.2, 0.25) is 0 Å². The molecule has 0 aromatic rings. The van der Waals surface area contributed by atoms with E-state index < -0.39 is 10.1 Å². The molecule has 0 bridgehead atoms. The van der Waals surface area contributed by atoms with Gasteiger partial charge in [-0.3, -0.25) is 4.18 Å². The molecule has 84 valence electrons. The highest BCUT2D eigenvalue weighted by atomic mass is 32.2. The fourth-order valence-electron chi connectivity index (χ4n) is 1.18. The van der Waals surface area contributed by atoms with Crippen molar-refractivity contribution in [3.8, 4) is 0 Å². The van der Waals surface area contributed by atoms with E-state index in [0.29, 0.717) is 6.42 Å². The maximum Gasteiger partial charge on any atom is 0.264 e. The molecule has 0 aliphatic heterocycles. The van der Waals surface area contributed by atoms with Crippen LogP contribution < -0.4 is 0 Å². The van der Waals surface area contributed by atoms with Crippen LogP contribution >= 0.6 is 0 Å². The van der Waals surface area contributed by atoms with Gasteiger partial charge in [0.05, 0.1) is 12.4 Å². The third kappa shape index (κ3) is 8.26. The van der Waals surface area contributed by atoms with Crippen molar-refractivity contribution in [2.24, 2.45) is 5.41 Å². The second-order valence-corrected chi connectivity index (χ2v) is 6.23. The second-order valence-electron chi connectivity index (χ2n) is 4.63. The van der Waals surface area contributed by atoms with Crippen molar-refractivity contribution in [1.82, 2.24) is 0 Å². The van der Waals surface area contributed by atoms with Gasteiger partial charge in [0.1, 0.15) is 0 Å². The monoisotopic (exact) mass is 220 g/mol. The summed E-state index contributed by atoms with van der Waals surface area (Å²) >= 11 is 0. The Hall–Kier alpha value is -0.350. The van der Waals surface area contributed by atoms with Crippen molar-refractivity contribution in [2.75, 3.05) is 6.26 Å². The fraction of sp³-hybridized carbons (Fsp3) is 0.800. The summed E-state index contributed by atoms with van der Waals surface area (Å²) in [6.45, 7) is 8.00. The predicted octanol–water partition coefficient (Wildman–Crippen LogP) is 2.34. The van der Waals surface area contributed by atoms with Crippen molar-refractivity contribution in [1.29, 1.82) is 0 Å². The summed E-state index contributed by atoms with van der Waals surface area (Å²) in [5.41, 5.74) is 0.0505. The fourth-order valence-corrected chi connectivity index (χ4v) is 1.76. The lowest BCUT2D eigenvalue weighted by Crippen LogP contribution is -2.21. The van der Waals surface area contributed by atoms with Gasteiger partial charge in [-0.1, -0.05) is 32.9 Å². The van der Waals surface area contributed by atoms with Crippen LogP contribution in [0.25, 0.3) is 0 Å². The van der Waals surface area contributed by atoms with Gasteiger partial charge in [0, 0.05) is 0 Å². The van der Waals surface area contributed by atoms with Gasteiger partial charge >= 0.3 is 0 Å². The molecule has 1 unspecified atom stereocenters. The van der Waals surface area contributed by atoms with Crippen LogP contribution in [0.4, 0.5) is 0 Å². The average molecular weight is 220 g/mol. The lowest BCUT2D eigenvalue weighted by atomic mass is 9.89. The maximum absolute atomic E-state index is 10.9. The predicted molar refractivity (Wildman–Crippen MR) is 58.6 cm³/mol. The summed E-state index contributed by atoms with van der Waals surface area (Å²) in [7, 11) is -3.37. The van der Waals surface area contributed by atoms with Gasteiger partial charge in [-0.25, -0.2) is 0 Å².